The Bertz CT molecular complexity index is 1580. The van der Waals surface area contributed by atoms with Crippen molar-refractivity contribution in [1.82, 2.24) is 24.4 Å². The zero-order chi connectivity index (χ0) is 28.4. The number of likely N-dealkylation sites (tertiary alicyclic amines) is 1. The van der Waals surface area contributed by atoms with Gasteiger partial charge >= 0.3 is 0 Å². The molecular formula is C30H30F2N6O2. The highest BCUT2D eigenvalue weighted by molar-refractivity contribution is 5.95. The molecule has 0 spiro atoms. The number of benzene rings is 1. The highest BCUT2D eigenvalue weighted by atomic mass is 19.3. The van der Waals surface area contributed by atoms with Crippen molar-refractivity contribution in [3.05, 3.63) is 77.4 Å². The third-order valence-corrected chi connectivity index (χ3v) is 7.22. The molecule has 1 amide bonds. The first-order chi connectivity index (χ1) is 19.1. The van der Waals surface area contributed by atoms with Crippen LogP contribution in [0.3, 0.4) is 0 Å². The number of halogens is 2. The fraction of sp³-hybridized carbons (Fsp3) is 0.300. The van der Waals surface area contributed by atoms with Gasteiger partial charge in [0, 0.05) is 63.8 Å². The van der Waals surface area contributed by atoms with E-state index >= 15 is 0 Å². The van der Waals surface area contributed by atoms with Crippen LogP contribution in [-0.4, -0.2) is 55.1 Å². The van der Waals surface area contributed by atoms with Crippen LogP contribution in [0.1, 0.15) is 46.6 Å². The van der Waals surface area contributed by atoms with Gasteiger partial charge in [-0.3, -0.25) is 14.6 Å². The summed E-state index contributed by atoms with van der Waals surface area (Å²) in [5, 5.41) is 0. The summed E-state index contributed by atoms with van der Waals surface area (Å²) in [6.07, 6.45) is 6.54. The lowest BCUT2D eigenvalue weighted by atomic mass is 10.0. The molecule has 3 aromatic heterocycles. The van der Waals surface area contributed by atoms with E-state index in [0.717, 1.165) is 33.5 Å². The number of piperidine rings is 1. The lowest BCUT2D eigenvalue weighted by molar-refractivity contribution is -0.114. The van der Waals surface area contributed by atoms with Gasteiger partial charge in [0.1, 0.15) is 11.6 Å². The minimum atomic E-state index is -2.70. The molecule has 1 saturated heterocycles. The van der Waals surface area contributed by atoms with E-state index in [2.05, 4.69) is 9.97 Å². The van der Waals surface area contributed by atoms with Gasteiger partial charge in [-0.25, -0.2) is 18.7 Å². The third-order valence-electron chi connectivity index (χ3n) is 7.22. The second kappa shape index (κ2) is 11.0. The maximum atomic E-state index is 13.5. The Morgan fingerprint density at radius 2 is 1.85 bits per heavy atom. The molecule has 1 aliphatic heterocycles. The van der Waals surface area contributed by atoms with Gasteiger partial charge < -0.3 is 15.2 Å². The summed E-state index contributed by atoms with van der Waals surface area (Å²) in [7, 11) is 1.92. The number of rotatable bonds is 7. The molecule has 0 unspecified atom stereocenters. The van der Waals surface area contributed by atoms with Gasteiger partial charge in [0.05, 0.1) is 22.3 Å². The van der Waals surface area contributed by atoms with Crippen molar-refractivity contribution >= 4 is 34.6 Å². The normalized spacial score (nSPS) is 15.2. The van der Waals surface area contributed by atoms with E-state index in [1.807, 2.05) is 30.7 Å². The van der Waals surface area contributed by atoms with E-state index in [-0.39, 0.29) is 37.6 Å². The van der Waals surface area contributed by atoms with Crippen molar-refractivity contribution in [3.8, 4) is 11.3 Å². The number of fused-ring (bicyclic) bond motifs is 1. The highest BCUT2D eigenvalue weighted by Gasteiger charge is 2.35. The number of aromatic nitrogens is 4. The van der Waals surface area contributed by atoms with Crippen molar-refractivity contribution in [2.24, 2.45) is 7.05 Å². The van der Waals surface area contributed by atoms with E-state index in [9.17, 15) is 18.4 Å². The maximum Gasteiger partial charge on any atom is 0.255 e. The fourth-order valence-corrected chi connectivity index (χ4v) is 4.81. The van der Waals surface area contributed by atoms with E-state index in [4.69, 9.17) is 10.7 Å². The predicted octanol–water partition coefficient (Wildman–Crippen LogP) is 5.01. The molecule has 8 nitrogen and oxygen atoms in total. The van der Waals surface area contributed by atoms with Crippen LogP contribution in [0.25, 0.3) is 28.4 Å². The van der Waals surface area contributed by atoms with Crippen LogP contribution >= 0.6 is 0 Å². The molecule has 40 heavy (non-hydrogen) atoms. The fourth-order valence-electron chi connectivity index (χ4n) is 4.81. The van der Waals surface area contributed by atoms with Gasteiger partial charge in [-0.15, -0.1) is 0 Å². The first-order valence-corrected chi connectivity index (χ1v) is 13.1. The molecule has 1 aromatic carbocycles. The van der Waals surface area contributed by atoms with Crippen LogP contribution < -0.4 is 5.73 Å². The van der Waals surface area contributed by atoms with Gasteiger partial charge in [-0.1, -0.05) is 0 Å². The summed E-state index contributed by atoms with van der Waals surface area (Å²) in [6.45, 7) is 2.05. The Kier molecular flexibility index (Phi) is 7.42. The average molecular weight is 545 g/mol. The van der Waals surface area contributed by atoms with Gasteiger partial charge in [0.2, 0.25) is 0 Å². The van der Waals surface area contributed by atoms with Crippen LogP contribution in [0.15, 0.2) is 54.9 Å². The van der Waals surface area contributed by atoms with E-state index in [0.29, 0.717) is 29.9 Å². The Balaban J connectivity index is 1.28. The molecule has 2 N–H and O–H groups in total. The van der Waals surface area contributed by atoms with Crippen LogP contribution in [-0.2, 0) is 18.3 Å². The number of alkyl halides is 2. The van der Waals surface area contributed by atoms with E-state index in [1.165, 1.54) is 11.1 Å². The monoisotopic (exact) mass is 544 g/mol. The number of anilines is 1. The summed E-state index contributed by atoms with van der Waals surface area (Å²) >= 11 is 0. The molecule has 0 aliphatic carbocycles. The molecule has 1 fully saturated rings. The van der Waals surface area contributed by atoms with E-state index in [1.54, 1.807) is 42.6 Å². The predicted molar refractivity (Wildman–Crippen MR) is 150 cm³/mol. The summed E-state index contributed by atoms with van der Waals surface area (Å²) in [5.41, 5.74) is 11.1. The minimum absolute atomic E-state index is 0.0154. The lowest BCUT2D eigenvalue weighted by Gasteiger charge is -2.31. The molecular weight excluding hydrogens is 514 g/mol. The smallest absolute Gasteiger partial charge is 0.255 e. The molecule has 4 aromatic rings. The Morgan fingerprint density at radius 1 is 1.07 bits per heavy atom. The first-order valence-electron chi connectivity index (χ1n) is 13.1. The SMILES string of the molecule is Cc1cc(-c2ccc(C(=O)N3CCC(F)(F)CC3)cn2)cc2c1nc(CCC(=O)/C=C/c1ccc(N)nc1)n2C. The van der Waals surface area contributed by atoms with Crippen LogP contribution in [0.2, 0.25) is 0 Å². The largest absolute Gasteiger partial charge is 0.384 e. The van der Waals surface area contributed by atoms with Gasteiger partial charge in [-0.05, 0) is 66.6 Å². The Labute approximate surface area is 230 Å². The molecule has 4 heterocycles. The summed E-state index contributed by atoms with van der Waals surface area (Å²) in [4.78, 5) is 40.0. The molecule has 0 atom stereocenters. The molecule has 1 aliphatic rings. The summed E-state index contributed by atoms with van der Waals surface area (Å²) in [5.74, 6) is -1.78. The number of aryl methyl sites for hydroxylation is 3. The van der Waals surface area contributed by atoms with Crippen molar-refractivity contribution in [1.29, 1.82) is 0 Å². The van der Waals surface area contributed by atoms with Crippen LogP contribution in [0, 0.1) is 6.92 Å². The van der Waals surface area contributed by atoms with Gasteiger partial charge in [0.25, 0.3) is 11.8 Å². The van der Waals surface area contributed by atoms with Crippen molar-refractivity contribution in [2.45, 2.75) is 38.5 Å². The van der Waals surface area contributed by atoms with Crippen LogP contribution in [0.5, 0.6) is 0 Å². The quantitative estimate of drug-likeness (QED) is 0.328. The zero-order valence-electron chi connectivity index (χ0n) is 22.4. The number of carbonyl (C=O) groups is 2. The van der Waals surface area contributed by atoms with E-state index < -0.39 is 5.92 Å². The molecule has 0 saturated carbocycles. The number of pyridine rings is 2. The van der Waals surface area contributed by atoms with Crippen molar-refractivity contribution < 1.29 is 18.4 Å². The minimum Gasteiger partial charge on any atom is -0.384 e. The third kappa shape index (κ3) is 5.90. The summed E-state index contributed by atoms with van der Waals surface area (Å²) in [6, 6.07) is 10.9. The zero-order valence-corrected chi connectivity index (χ0v) is 22.4. The maximum absolute atomic E-state index is 13.5. The number of nitrogens with zero attached hydrogens (tertiary/aromatic N) is 5. The standard InChI is InChI=1S/C30H30F2N6O2/c1-19-15-22(24-8-5-21(18-34-24)29(40)38-13-11-30(31,32)12-14-38)16-25-28(19)36-27(37(25)2)10-7-23(39)6-3-20-4-9-26(33)35-17-20/h3-6,8-9,15-18H,7,10-14H2,1-2H3,(H2,33,35)/b6-3+. The average Bonchev–Trinajstić information content (AvgIpc) is 3.27. The number of ketones is 1. The lowest BCUT2D eigenvalue weighted by Crippen LogP contribution is -2.42. The summed E-state index contributed by atoms with van der Waals surface area (Å²) < 4.78 is 28.9. The number of nitrogen functional groups attached to an aromatic ring is 1. The second-order valence-electron chi connectivity index (χ2n) is 10.1. The van der Waals surface area contributed by atoms with Crippen molar-refractivity contribution in [3.63, 3.8) is 0 Å². The molecule has 0 bridgehead atoms. The molecule has 206 valence electrons. The number of nitrogens with two attached hydrogens (primary N) is 1. The topological polar surface area (TPSA) is 107 Å². The molecule has 0 radical (unpaired) electrons. The second-order valence-corrected chi connectivity index (χ2v) is 10.1. The number of allylic oxidation sites excluding steroid dienone is 1. The number of amides is 1. The number of imidazole rings is 1. The number of hydrogen-bond donors (Lipinski definition) is 1. The van der Waals surface area contributed by atoms with Gasteiger partial charge in [-0.2, -0.15) is 0 Å². The molecule has 10 heteroatoms. The van der Waals surface area contributed by atoms with Crippen LogP contribution in [0.4, 0.5) is 14.6 Å². The highest BCUT2D eigenvalue weighted by Crippen LogP contribution is 2.30. The molecule has 5 rings (SSSR count). The number of carbonyl (C=O) groups excluding carboxylic acids is 2. The Morgan fingerprint density at radius 3 is 2.52 bits per heavy atom. The van der Waals surface area contributed by atoms with Crippen molar-refractivity contribution in [2.75, 3.05) is 18.8 Å². The Hall–Kier alpha value is -4.47. The van der Waals surface area contributed by atoms with Gasteiger partial charge in [0.15, 0.2) is 5.78 Å². The number of hydrogen-bond acceptors (Lipinski definition) is 6. The first kappa shape index (κ1) is 27.1.